The smallest absolute Gasteiger partial charge is 0.315 e. The molecule has 4 bridgehead atoms. The maximum Gasteiger partial charge on any atom is 0.315 e. The summed E-state index contributed by atoms with van der Waals surface area (Å²) in [6.45, 7) is 6.19. The highest BCUT2D eigenvalue weighted by Gasteiger charge is 2.51. The Kier molecular flexibility index (Phi) is 9.09. The van der Waals surface area contributed by atoms with Crippen LogP contribution in [0.15, 0.2) is 0 Å². The summed E-state index contributed by atoms with van der Waals surface area (Å²) in [5, 5.41) is 9.42. The maximum absolute atomic E-state index is 13.0. The van der Waals surface area contributed by atoms with E-state index in [1.807, 2.05) is 13.8 Å². The first-order valence-electron chi connectivity index (χ1n) is 13.3. The number of nitrogens with one attached hydrogen (secondary N) is 3. The van der Waals surface area contributed by atoms with Crippen molar-refractivity contribution in [3.05, 3.63) is 0 Å². The van der Waals surface area contributed by atoms with Gasteiger partial charge in [0.15, 0.2) is 0 Å². The van der Waals surface area contributed by atoms with E-state index < -0.39 is 6.04 Å². The van der Waals surface area contributed by atoms with Crippen LogP contribution in [0.4, 0.5) is 4.79 Å². The van der Waals surface area contributed by atoms with Gasteiger partial charge in [-0.15, -0.1) is 0 Å². The van der Waals surface area contributed by atoms with Crippen LogP contribution in [0, 0.1) is 17.8 Å². The molecule has 178 valence electrons. The molecule has 4 rings (SSSR count). The van der Waals surface area contributed by atoms with Crippen molar-refractivity contribution >= 4 is 11.9 Å². The van der Waals surface area contributed by atoms with Crippen LogP contribution in [0.25, 0.3) is 0 Å². The second-order valence-corrected chi connectivity index (χ2v) is 11.3. The molecule has 1 atom stereocenters. The fourth-order valence-electron chi connectivity index (χ4n) is 6.84. The number of urea groups is 1. The second-order valence-electron chi connectivity index (χ2n) is 11.3. The van der Waals surface area contributed by atoms with Crippen LogP contribution < -0.4 is 16.0 Å². The number of hydrogen-bond donors (Lipinski definition) is 3. The second kappa shape index (κ2) is 11.6. The Morgan fingerprint density at radius 1 is 0.806 bits per heavy atom. The number of carbonyl (C=O) groups is 2. The van der Waals surface area contributed by atoms with E-state index in [1.165, 1.54) is 57.8 Å². The monoisotopic (exact) mass is 433 g/mol. The van der Waals surface area contributed by atoms with Gasteiger partial charge in [-0.1, -0.05) is 58.3 Å². The lowest BCUT2D eigenvalue weighted by atomic mass is 9.53. The van der Waals surface area contributed by atoms with Crippen molar-refractivity contribution in [1.82, 2.24) is 16.0 Å². The average molecular weight is 434 g/mol. The lowest BCUT2D eigenvalue weighted by Gasteiger charge is -2.56. The fraction of sp³-hybridized carbons (Fsp3) is 0.923. The Labute approximate surface area is 190 Å². The molecule has 0 aliphatic heterocycles. The van der Waals surface area contributed by atoms with Gasteiger partial charge in [0, 0.05) is 11.6 Å². The molecule has 0 heterocycles. The highest BCUT2D eigenvalue weighted by molar-refractivity contribution is 5.87. The molecule has 3 amide bonds. The normalized spacial score (nSPS) is 29.7. The number of rotatable bonds is 13. The summed E-state index contributed by atoms with van der Waals surface area (Å²) in [6.07, 6.45) is 18.1. The molecule has 0 aromatic heterocycles. The van der Waals surface area contributed by atoms with E-state index in [4.69, 9.17) is 0 Å². The van der Waals surface area contributed by atoms with Gasteiger partial charge in [0.05, 0.1) is 0 Å². The third-order valence-electron chi connectivity index (χ3n) is 7.82. The Morgan fingerprint density at radius 3 is 1.84 bits per heavy atom. The van der Waals surface area contributed by atoms with Gasteiger partial charge < -0.3 is 16.0 Å². The summed E-state index contributed by atoms with van der Waals surface area (Å²) in [7, 11) is 0. The molecule has 5 nitrogen and oxygen atoms in total. The summed E-state index contributed by atoms with van der Waals surface area (Å²) in [6, 6.07) is -0.483. The van der Waals surface area contributed by atoms with Gasteiger partial charge in [0.25, 0.3) is 0 Å². The molecule has 1 unspecified atom stereocenters. The van der Waals surface area contributed by atoms with Gasteiger partial charge in [-0.2, -0.15) is 0 Å². The zero-order chi connectivity index (χ0) is 22.3. The molecule has 4 aliphatic rings. The van der Waals surface area contributed by atoms with Crippen LogP contribution in [-0.4, -0.2) is 29.6 Å². The minimum Gasteiger partial charge on any atom is -0.352 e. The SMILES string of the molecule is CCCCCCCCCCC(NC(=O)NC12CC3CC(CC(C3)C1)C2)C(=O)NC(C)C. The summed E-state index contributed by atoms with van der Waals surface area (Å²) in [5.74, 6) is 2.34. The third-order valence-corrected chi connectivity index (χ3v) is 7.82. The average Bonchev–Trinajstić information content (AvgIpc) is 2.67. The molecule has 3 N–H and O–H groups in total. The van der Waals surface area contributed by atoms with Gasteiger partial charge >= 0.3 is 6.03 Å². The zero-order valence-corrected chi connectivity index (χ0v) is 20.3. The summed E-state index contributed by atoms with van der Waals surface area (Å²) in [4.78, 5) is 25.7. The zero-order valence-electron chi connectivity index (χ0n) is 20.3. The molecular weight excluding hydrogens is 386 g/mol. The number of carbonyl (C=O) groups excluding carboxylic acids is 2. The molecule has 0 radical (unpaired) electrons. The molecule has 0 aromatic carbocycles. The summed E-state index contributed by atoms with van der Waals surface area (Å²) in [5.41, 5.74) is -0.0175. The van der Waals surface area contributed by atoms with Crippen LogP contribution in [0.5, 0.6) is 0 Å². The van der Waals surface area contributed by atoms with E-state index in [-0.39, 0.29) is 23.5 Å². The Bertz CT molecular complexity index is 554. The lowest BCUT2D eigenvalue weighted by molar-refractivity contribution is -0.123. The molecule has 5 heteroatoms. The molecule has 31 heavy (non-hydrogen) atoms. The summed E-state index contributed by atoms with van der Waals surface area (Å²) >= 11 is 0. The number of hydrogen-bond acceptors (Lipinski definition) is 2. The van der Waals surface area contributed by atoms with Crippen LogP contribution in [0.3, 0.4) is 0 Å². The van der Waals surface area contributed by atoms with Crippen LogP contribution in [0.1, 0.15) is 117 Å². The third kappa shape index (κ3) is 7.39. The van der Waals surface area contributed by atoms with E-state index in [2.05, 4.69) is 22.9 Å². The molecule has 4 saturated carbocycles. The largest absolute Gasteiger partial charge is 0.352 e. The van der Waals surface area contributed by atoms with E-state index in [9.17, 15) is 9.59 Å². The minimum absolute atomic E-state index is 0.0175. The lowest BCUT2D eigenvalue weighted by Crippen LogP contribution is -2.63. The van der Waals surface area contributed by atoms with Gasteiger partial charge in [-0.3, -0.25) is 4.79 Å². The van der Waals surface area contributed by atoms with E-state index in [0.29, 0.717) is 0 Å². The van der Waals surface area contributed by atoms with Crippen LogP contribution >= 0.6 is 0 Å². The first-order valence-corrected chi connectivity index (χ1v) is 13.3. The minimum atomic E-state index is -0.434. The first kappa shape index (κ1) is 24.4. The van der Waals surface area contributed by atoms with Crippen molar-refractivity contribution in [3.8, 4) is 0 Å². The number of unbranched alkanes of at least 4 members (excludes halogenated alkanes) is 7. The van der Waals surface area contributed by atoms with Gasteiger partial charge in [-0.25, -0.2) is 4.79 Å². The standard InChI is InChI=1S/C26H47N3O2/c1-4-5-6-7-8-9-10-11-12-23(24(30)27-19(2)3)28-25(31)29-26-16-20-13-21(17-26)15-22(14-20)18-26/h19-23H,4-18H2,1-3H3,(H,27,30)(H2,28,29,31). The van der Waals surface area contributed by atoms with E-state index >= 15 is 0 Å². The van der Waals surface area contributed by atoms with Crippen molar-refractivity contribution in [2.24, 2.45) is 17.8 Å². The molecular formula is C26H47N3O2. The highest BCUT2D eigenvalue weighted by atomic mass is 16.2. The molecule has 0 spiro atoms. The fourth-order valence-corrected chi connectivity index (χ4v) is 6.84. The van der Waals surface area contributed by atoms with Gasteiger partial charge in [-0.05, 0) is 76.5 Å². The van der Waals surface area contributed by atoms with Crippen LogP contribution in [0.2, 0.25) is 0 Å². The molecule has 4 fully saturated rings. The van der Waals surface area contributed by atoms with E-state index in [1.54, 1.807) is 0 Å². The van der Waals surface area contributed by atoms with Crippen molar-refractivity contribution < 1.29 is 9.59 Å². The topological polar surface area (TPSA) is 70.2 Å². The molecule has 4 aliphatic carbocycles. The predicted molar refractivity (Wildman–Crippen MR) is 127 cm³/mol. The van der Waals surface area contributed by atoms with Gasteiger partial charge in [0.2, 0.25) is 5.91 Å². The predicted octanol–water partition coefficient (Wildman–Crippen LogP) is 5.68. The van der Waals surface area contributed by atoms with Crippen LogP contribution in [-0.2, 0) is 4.79 Å². The van der Waals surface area contributed by atoms with Crippen molar-refractivity contribution in [2.45, 2.75) is 135 Å². The Hall–Kier alpha value is -1.26. The molecule has 0 saturated heterocycles. The highest BCUT2D eigenvalue weighted by Crippen LogP contribution is 2.55. The maximum atomic E-state index is 13.0. The Morgan fingerprint density at radius 2 is 1.32 bits per heavy atom. The summed E-state index contributed by atoms with van der Waals surface area (Å²) < 4.78 is 0. The number of amides is 3. The van der Waals surface area contributed by atoms with E-state index in [0.717, 1.165) is 56.3 Å². The quantitative estimate of drug-likeness (QED) is 0.327. The van der Waals surface area contributed by atoms with Crippen molar-refractivity contribution in [2.75, 3.05) is 0 Å². The van der Waals surface area contributed by atoms with Crippen molar-refractivity contribution in [3.63, 3.8) is 0 Å². The van der Waals surface area contributed by atoms with Crippen molar-refractivity contribution in [1.29, 1.82) is 0 Å². The Balaban J connectivity index is 1.45. The molecule has 0 aromatic rings. The first-order chi connectivity index (χ1) is 14.9. The van der Waals surface area contributed by atoms with Gasteiger partial charge in [0.1, 0.15) is 6.04 Å².